The van der Waals surface area contributed by atoms with Gasteiger partial charge in [-0.3, -0.25) is 0 Å². The standard InChI is InChI=1S/C12H14ClNO2/c1-8-4-5-9(13)11(7-8)16-12(15)10-3-2-6-14-10/h4-5,7,10,14H,2-3,6H2,1H3. The molecule has 1 aromatic carbocycles. The van der Waals surface area contributed by atoms with E-state index >= 15 is 0 Å². The van der Waals surface area contributed by atoms with Gasteiger partial charge in [0.05, 0.1) is 5.02 Å². The normalized spacial score (nSPS) is 19.8. The summed E-state index contributed by atoms with van der Waals surface area (Å²) in [5, 5.41) is 3.56. The number of esters is 1. The topological polar surface area (TPSA) is 38.3 Å². The summed E-state index contributed by atoms with van der Waals surface area (Å²) in [4.78, 5) is 11.7. The van der Waals surface area contributed by atoms with Crippen LogP contribution in [0.3, 0.4) is 0 Å². The van der Waals surface area contributed by atoms with E-state index in [-0.39, 0.29) is 12.0 Å². The van der Waals surface area contributed by atoms with Crippen LogP contribution in [-0.2, 0) is 4.79 Å². The minimum atomic E-state index is -0.245. The average molecular weight is 240 g/mol. The van der Waals surface area contributed by atoms with Gasteiger partial charge in [0.1, 0.15) is 11.8 Å². The number of nitrogens with one attached hydrogen (secondary N) is 1. The molecular weight excluding hydrogens is 226 g/mol. The van der Waals surface area contributed by atoms with Crippen molar-refractivity contribution < 1.29 is 9.53 Å². The highest BCUT2D eigenvalue weighted by Crippen LogP contribution is 2.26. The van der Waals surface area contributed by atoms with Crippen LogP contribution >= 0.6 is 11.6 Å². The van der Waals surface area contributed by atoms with Gasteiger partial charge in [0, 0.05) is 0 Å². The lowest BCUT2D eigenvalue weighted by atomic mass is 10.2. The average Bonchev–Trinajstić information content (AvgIpc) is 2.76. The van der Waals surface area contributed by atoms with E-state index in [9.17, 15) is 4.79 Å². The van der Waals surface area contributed by atoms with Crippen molar-refractivity contribution in [1.29, 1.82) is 0 Å². The number of aryl methyl sites for hydroxylation is 1. The van der Waals surface area contributed by atoms with Gasteiger partial charge in [0.15, 0.2) is 0 Å². The Morgan fingerprint density at radius 2 is 2.38 bits per heavy atom. The number of halogens is 1. The van der Waals surface area contributed by atoms with Gasteiger partial charge in [-0.25, -0.2) is 4.79 Å². The third kappa shape index (κ3) is 2.54. The highest BCUT2D eigenvalue weighted by Gasteiger charge is 2.24. The second-order valence-corrected chi connectivity index (χ2v) is 4.41. The zero-order chi connectivity index (χ0) is 11.5. The quantitative estimate of drug-likeness (QED) is 0.636. The molecule has 0 spiro atoms. The van der Waals surface area contributed by atoms with Gasteiger partial charge >= 0.3 is 5.97 Å². The Balaban J connectivity index is 2.07. The van der Waals surface area contributed by atoms with Crippen molar-refractivity contribution >= 4 is 17.6 Å². The lowest BCUT2D eigenvalue weighted by molar-refractivity contribution is -0.136. The Morgan fingerprint density at radius 1 is 1.56 bits per heavy atom. The highest BCUT2D eigenvalue weighted by atomic mass is 35.5. The predicted molar refractivity (Wildman–Crippen MR) is 62.8 cm³/mol. The predicted octanol–water partition coefficient (Wildman–Crippen LogP) is 2.31. The number of hydrogen-bond donors (Lipinski definition) is 1. The largest absolute Gasteiger partial charge is 0.424 e. The summed E-state index contributed by atoms with van der Waals surface area (Å²) < 4.78 is 5.28. The van der Waals surface area contributed by atoms with E-state index in [0.29, 0.717) is 10.8 Å². The van der Waals surface area contributed by atoms with Crippen LogP contribution in [0.25, 0.3) is 0 Å². The molecule has 0 radical (unpaired) electrons. The van der Waals surface area contributed by atoms with Gasteiger partial charge in [-0.2, -0.15) is 0 Å². The molecular formula is C12H14ClNO2. The number of carbonyl (C=O) groups excluding carboxylic acids is 1. The maximum atomic E-state index is 11.7. The van der Waals surface area contributed by atoms with Crippen LogP contribution in [0.1, 0.15) is 18.4 Å². The molecule has 0 amide bonds. The summed E-state index contributed by atoms with van der Waals surface area (Å²) in [6, 6.07) is 5.21. The van der Waals surface area contributed by atoms with Crippen LogP contribution in [0, 0.1) is 6.92 Å². The Hall–Kier alpha value is -1.06. The van der Waals surface area contributed by atoms with Crippen molar-refractivity contribution in [2.45, 2.75) is 25.8 Å². The molecule has 1 aliphatic rings. The van der Waals surface area contributed by atoms with Gasteiger partial charge in [0.25, 0.3) is 0 Å². The SMILES string of the molecule is Cc1ccc(Cl)c(OC(=O)C2CCCN2)c1. The summed E-state index contributed by atoms with van der Waals surface area (Å²) in [5.41, 5.74) is 1.02. The Kier molecular flexibility index (Phi) is 3.46. The minimum Gasteiger partial charge on any atom is -0.424 e. The second kappa shape index (κ2) is 4.85. The smallest absolute Gasteiger partial charge is 0.328 e. The van der Waals surface area contributed by atoms with Gasteiger partial charge in [-0.1, -0.05) is 17.7 Å². The Morgan fingerprint density at radius 3 is 3.06 bits per heavy atom. The molecule has 86 valence electrons. The number of hydrogen-bond acceptors (Lipinski definition) is 3. The van der Waals surface area contributed by atoms with Crippen molar-refractivity contribution in [3.05, 3.63) is 28.8 Å². The van der Waals surface area contributed by atoms with Gasteiger partial charge < -0.3 is 10.1 Å². The first-order valence-corrected chi connectivity index (χ1v) is 5.76. The van der Waals surface area contributed by atoms with E-state index in [1.807, 2.05) is 13.0 Å². The summed E-state index contributed by atoms with van der Waals surface area (Å²) in [6.45, 7) is 2.81. The maximum absolute atomic E-state index is 11.7. The van der Waals surface area contributed by atoms with Crippen LogP contribution in [0.5, 0.6) is 5.75 Å². The first kappa shape index (κ1) is 11.4. The van der Waals surface area contributed by atoms with Gasteiger partial charge in [0.2, 0.25) is 0 Å². The number of ether oxygens (including phenoxy) is 1. The third-order valence-electron chi connectivity index (χ3n) is 2.64. The Bertz CT molecular complexity index is 400. The molecule has 1 aromatic rings. The molecule has 0 aromatic heterocycles. The first-order valence-electron chi connectivity index (χ1n) is 5.38. The van der Waals surface area contributed by atoms with Crippen molar-refractivity contribution in [2.75, 3.05) is 6.54 Å². The summed E-state index contributed by atoms with van der Waals surface area (Å²) in [6.07, 6.45) is 1.85. The van der Waals surface area contributed by atoms with Crippen LogP contribution in [0.2, 0.25) is 5.02 Å². The molecule has 1 aliphatic heterocycles. The van der Waals surface area contributed by atoms with Crippen molar-refractivity contribution in [3.63, 3.8) is 0 Å². The second-order valence-electron chi connectivity index (χ2n) is 4.00. The minimum absolute atomic E-state index is 0.184. The Labute approximate surface area is 99.7 Å². The molecule has 1 N–H and O–H groups in total. The van der Waals surface area contributed by atoms with E-state index in [2.05, 4.69) is 5.32 Å². The van der Waals surface area contributed by atoms with Crippen molar-refractivity contribution in [3.8, 4) is 5.75 Å². The fraction of sp³-hybridized carbons (Fsp3) is 0.417. The summed E-state index contributed by atoms with van der Waals surface area (Å²) in [7, 11) is 0. The van der Waals surface area contributed by atoms with Crippen LogP contribution in [-0.4, -0.2) is 18.6 Å². The van der Waals surface area contributed by atoms with Crippen molar-refractivity contribution in [2.24, 2.45) is 0 Å². The molecule has 1 fully saturated rings. The number of benzene rings is 1. The molecule has 0 saturated carbocycles. The monoisotopic (exact) mass is 239 g/mol. The molecule has 16 heavy (non-hydrogen) atoms. The van der Waals surface area contributed by atoms with Gasteiger partial charge in [-0.05, 0) is 44.0 Å². The zero-order valence-corrected chi connectivity index (χ0v) is 9.88. The molecule has 0 aliphatic carbocycles. The molecule has 4 heteroatoms. The number of carbonyl (C=O) groups is 1. The molecule has 1 heterocycles. The van der Waals surface area contributed by atoms with E-state index in [1.165, 1.54) is 0 Å². The zero-order valence-electron chi connectivity index (χ0n) is 9.13. The fourth-order valence-electron chi connectivity index (χ4n) is 1.75. The van der Waals surface area contributed by atoms with Crippen LogP contribution in [0.15, 0.2) is 18.2 Å². The summed E-state index contributed by atoms with van der Waals surface area (Å²) in [5.74, 6) is 0.199. The van der Waals surface area contributed by atoms with E-state index in [0.717, 1.165) is 24.9 Å². The maximum Gasteiger partial charge on any atom is 0.328 e. The van der Waals surface area contributed by atoms with Crippen LogP contribution < -0.4 is 10.1 Å². The van der Waals surface area contributed by atoms with Crippen molar-refractivity contribution in [1.82, 2.24) is 5.32 Å². The first-order chi connectivity index (χ1) is 7.66. The molecule has 0 bridgehead atoms. The molecule has 2 rings (SSSR count). The molecule has 1 atom stereocenters. The molecule has 3 nitrogen and oxygen atoms in total. The fourth-order valence-corrected chi connectivity index (χ4v) is 1.91. The van der Waals surface area contributed by atoms with E-state index in [4.69, 9.17) is 16.3 Å². The number of rotatable bonds is 2. The van der Waals surface area contributed by atoms with Gasteiger partial charge in [-0.15, -0.1) is 0 Å². The molecule has 1 unspecified atom stereocenters. The molecule has 1 saturated heterocycles. The lowest BCUT2D eigenvalue weighted by Crippen LogP contribution is -2.34. The summed E-state index contributed by atoms with van der Waals surface area (Å²) >= 11 is 5.95. The van der Waals surface area contributed by atoms with E-state index < -0.39 is 0 Å². The van der Waals surface area contributed by atoms with E-state index in [1.54, 1.807) is 12.1 Å². The third-order valence-corrected chi connectivity index (χ3v) is 2.95. The highest BCUT2D eigenvalue weighted by molar-refractivity contribution is 6.32. The van der Waals surface area contributed by atoms with Crippen LogP contribution in [0.4, 0.5) is 0 Å². The lowest BCUT2D eigenvalue weighted by Gasteiger charge is -2.11.